The molecule has 1 aromatic rings. The minimum absolute atomic E-state index is 0.125. The van der Waals surface area contributed by atoms with Gasteiger partial charge in [0.2, 0.25) is 5.88 Å². The van der Waals surface area contributed by atoms with E-state index in [1.54, 1.807) is 13.2 Å². The van der Waals surface area contributed by atoms with Gasteiger partial charge in [-0.25, -0.2) is 9.97 Å². The fourth-order valence-corrected chi connectivity index (χ4v) is 2.03. The Bertz CT molecular complexity index is 334. The van der Waals surface area contributed by atoms with Gasteiger partial charge in [0.15, 0.2) is 0 Å². The van der Waals surface area contributed by atoms with Crippen LogP contribution in [0.1, 0.15) is 26.7 Å². The highest BCUT2D eigenvalue weighted by atomic mass is 35.5. The molecule has 1 aromatic heterocycles. The first-order valence-electron chi connectivity index (χ1n) is 5.85. The maximum absolute atomic E-state index is 6.05. The highest BCUT2D eigenvalue weighted by Gasteiger charge is 2.24. The van der Waals surface area contributed by atoms with Crippen molar-refractivity contribution in [1.82, 2.24) is 9.97 Å². The SMILES string of the molecule is CCC(CC)(CCl)CNc1cc(OC)ncn1. The molecule has 0 spiro atoms. The van der Waals surface area contributed by atoms with Crippen molar-refractivity contribution in [2.45, 2.75) is 26.7 Å². The Balaban J connectivity index is 2.65. The molecule has 0 aliphatic carbocycles. The minimum Gasteiger partial charge on any atom is -0.481 e. The van der Waals surface area contributed by atoms with Crippen molar-refractivity contribution in [3.05, 3.63) is 12.4 Å². The van der Waals surface area contributed by atoms with Crippen LogP contribution >= 0.6 is 11.6 Å². The predicted molar refractivity (Wildman–Crippen MR) is 70.8 cm³/mol. The van der Waals surface area contributed by atoms with Crippen molar-refractivity contribution in [3.8, 4) is 5.88 Å². The van der Waals surface area contributed by atoms with Gasteiger partial charge in [0, 0.05) is 23.9 Å². The van der Waals surface area contributed by atoms with Crippen molar-refractivity contribution in [3.63, 3.8) is 0 Å². The van der Waals surface area contributed by atoms with E-state index < -0.39 is 0 Å². The summed E-state index contributed by atoms with van der Waals surface area (Å²) >= 11 is 6.05. The van der Waals surface area contributed by atoms with Crippen molar-refractivity contribution in [2.75, 3.05) is 24.9 Å². The maximum Gasteiger partial charge on any atom is 0.218 e. The summed E-state index contributed by atoms with van der Waals surface area (Å²) in [5, 5.41) is 3.30. The number of hydrogen-bond acceptors (Lipinski definition) is 4. The van der Waals surface area contributed by atoms with Gasteiger partial charge >= 0.3 is 0 Å². The zero-order chi connectivity index (χ0) is 12.7. The molecule has 1 heterocycles. The second-order valence-electron chi connectivity index (χ2n) is 4.14. The Morgan fingerprint density at radius 3 is 2.59 bits per heavy atom. The van der Waals surface area contributed by atoms with E-state index in [4.69, 9.17) is 16.3 Å². The molecule has 1 N–H and O–H groups in total. The van der Waals surface area contributed by atoms with E-state index in [1.807, 2.05) is 0 Å². The molecule has 0 unspecified atom stereocenters. The van der Waals surface area contributed by atoms with Crippen LogP contribution in [-0.4, -0.2) is 29.5 Å². The van der Waals surface area contributed by atoms with Crippen LogP contribution in [0.3, 0.4) is 0 Å². The summed E-state index contributed by atoms with van der Waals surface area (Å²) in [7, 11) is 1.59. The monoisotopic (exact) mass is 257 g/mol. The quantitative estimate of drug-likeness (QED) is 0.763. The Kier molecular flexibility index (Phi) is 5.48. The van der Waals surface area contributed by atoms with Gasteiger partial charge in [-0.05, 0) is 12.8 Å². The van der Waals surface area contributed by atoms with Crippen LogP contribution < -0.4 is 10.1 Å². The zero-order valence-corrected chi connectivity index (χ0v) is 11.4. The largest absolute Gasteiger partial charge is 0.481 e. The lowest BCUT2D eigenvalue weighted by molar-refractivity contribution is 0.326. The van der Waals surface area contributed by atoms with E-state index in [-0.39, 0.29) is 5.41 Å². The lowest BCUT2D eigenvalue weighted by atomic mass is 9.84. The van der Waals surface area contributed by atoms with Gasteiger partial charge in [0.1, 0.15) is 12.1 Å². The van der Waals surface area contributed by atoms with Crippen LogP contribution in [0.15, 0.2) is 12.4 Å². The number of halogens is 1. The number of nitrogens with zero attached hydrogens (tertiary/aromatic N) is 2. The number of anilines is 1. The molecular formula is C12H20ClN3O. The molecule has 0 bridgehead atoms. The molecule has 0 aliphatic heterocycles. The van der Waals surface area contributed by atoms with Gasteiger partial charge in [-0.1, -0.05) is 13.8 Å². The van der Waals surface area contributed by atoms with Crippen molar-refractivity contribution < 1.29 is 4.74 Å². The third-order valence-corrected chi connectivity index (χ3v) is 3.85. The lowest BCUT2D eigenvalue weighted by Crippen LogP contribution is -2.30. The molecule has 1 rings (SSSR count). The van der Waals surface area contributed by atoms with Gasteiger partial charge in [0.25, 0.3) is 0 Å². The Labute approximate surface area is 108 Å². The van der Waals surface area contributed by atoms with Gasteiger partial charge < -0.3 is 10.1 Å². The Morgan fingerprint density at radius 1 is 1.35 bits per heavy atom. The second-order valence-corrected chi connectivity index (χ2v) is 4.41. The van der Waals surface area contributed by atoms with Crippen LogP contribution in [0.2, 0.25) is 0 Å². The van der Waals surface area contributed by atoms with E-state index in [9.17, 15) is 0 Å². The molecule has 0 aromatic carbocycles. The summed E-state index contributed by atoms with van der Waals surface area (Å²) in [6.07, 6.45) is 3.58. The highest BCUT2D eigenvalue weighted by Crippen LogP contribution is 2.28. The summed E-state index contributed by atoms with van der Waals surface area (Å²) in [6.45, 7) is 5.13. The van der Waals surface area contributed by atoms with Gasteiger partial charge in [-0.15, -0.1) is 11.6 Å². The van der Waals surface area contributed by atoms with E-state index in [1.165, 1.54) is 6.33 Å². The van der Waals surface area contributed by atoms with Gasteiger partial charge in [-0.3, -0.25) is 0 Å². The standard InChI is InChI=1S/C12H20ClN3O/c1-4-12(5-2,7-13)8-14-10-6-11(17-3)16-9-15-10/h6,9H,4-5,7-8H2,1-3H3,(H,14,15,16). The third-order valence-electron chi connectivity index (χ3n) is 3.28. The lowest BCUT2D eigenvalue weighted by Gasteiger charge is -2.29. The van der Waals surface area contributed by atoms with Gasteiger partial charge in [-0.2, -0.15) is 0 Å². The smallest absolute Gasteiger partial charge is 0.218 e. The van der Waals surface area contributed by atoms with E-state index in [2.05, 4.69) is 29.1 Å². The maximum atomic E-state index is 6.05. The number of aromatic nitrogens is 2. The summed E-state index contributed by atoms with van der Waals surface area (Å²) < 4.78 is 5.05. The molecule has 0 atom stereocenters. The molecule has 4 nitrogen and oxygen atoms in total. The Morgan fingerprint density at radius 2 is 2.06 bits per heavy atom. The number of ether oxygens (including phenoxy) is 1. The molecule has 0 fully saturated rings. The molecule has 0 saturated heterocycles. The number of alkyl halides is 1. The first-order valence-corrected chi connectivity index (χ1v) is 6.39. The Hall–Kier alpha value is -1.03. The summed E-state index contributed by atoms with van der Waals surface area (Å²) in [4.78, 5) is 8.11. The topological polar surface area (TPSA) is 47.0 Å². The zero-order valence-electron chi connectivity index (χ0n) is 10.7. The normalized spacial score (nSPS) is 11.3. The van der Waals surface area contributed by atoms with Gasteiger partial charge in [0.05, 0.1) is 7.11 Å². The fraction of sp³-hybridized carbons (Fsp3) is 0.667. The molecule has 0 amide bonds. The number of nitrogens with one attached hydrogen (secondary N) is 1. The summed E-state index contributed by atoms with van der Waals surface area (Å²) in [5.41, 5.74) is 0.125. The van der Waals surface area contributed by atoms with E-state index >= 15 is 0 Å². The summed E-state index contributed by atoms with van der Waals surface area (Å²) in [5.74, 6) is 1.98. The first kappa shape index (κ1) is 14.0. The number of methoxy groups -OCH3 is 1. The van der Waals surface area contributed by atoms with Crippen molar-refractivity contribution >= 4 is 17.4 Å². The third kappa shape index (κ3) is 3.73. The average molecular weight is 258 g/mol. The van der Waals surface area contributed by atoms with Crippen LogP contribution in [0.5, 0.6) is 5.88 Å². The van der Waals surface area contributed by atoms with E-state index in [0.717, 1.165) is 25.2 Å². The molecule has 0 saturated carbocycles. The van der Waals surface area contributed by atoms with Crippen LogP contribution in [0, 0.1) is 5.41 Å². The van der Waals surface area contributed by atoms with Crippen molar-refractivity contribution in [1.29, 1.82) is 0 Å². The van der Waals surface area contributed by atoms with E-state index in [0.29, 0.717) is 11.8 Å². The predicted octanol–water partition coefficient (Wildman–Crippen LogP) is 2.94. The minimum atomic E-state index is 0.125. The molecular weight excluding hydrogens is 238 g/mol. The summed E-state index contributed by atoms with van der Waals surface area (Å²) in [6, 6.07) is 1.78. The molecule has 0 radical (unpaired) electrons. The fourth-order valence-electron chi connectivity index (χ4n) is 1.56. The molecule has 0 aliphatic rings. The molecule has 17 heavy (non-hydrogen) atoms. The molecule has 5 heteroatoms. The van der Waals surface area contributed by atoms with Crippen LogP contribution in [-0.2, 0) is 0 Å². The highest BCUT2D eigenvalue weighted by molar-refractivity contribution is 6.18. The van der Waals surface area contributed by atoms with Crippen molar-refractivity contribution in [2.24, 2.45) is 5.41 Å². The first-order chi connectivity index (χ1) is 8.19. The van der Waals surface area contributed by atoms with Crippen LogP contribution in [0.4, 0.5) is 5.82 Å². The second kappa shape index (κ2) is 6.64. The average Bonchev–Trinajstić information content (AvgIpc) is 2.41. The molecule has 96 valence electrons. The number of hydrogen-bond donors (Lipinski definition) is 1. The number of rotatable bonds is 7. The van der Waals surface area contributed by atoms with Crippen LogP contribution in [0.25, 0.3) is 0 Å².